The number of benzene rings is 3. The van der Waals surface area contributed by atoms with E-state index in [1.807, 2.05) is 48.5 Å². The smallest absolute Gasteiger partial charge is 0.409 e. The van der Waals surface area contributed by atoms with Crippen molar-refractivity contribution in [1.82, 2.24) is 20.3 Å². The Morgan fingerprint density at radius 1 is 0.929 bits per heavy atom. The molecule has 0 aliphatic carbocycles. The van der Waals surface area contributed by atoms with Crippen molar-refractivity contribution >= 4 is 34.7 Å². The normalized spacial score (nSPS) is 13.7. The Balaban J connectivity index is 1.16. The molecule has 1 saturated heterocycles. The molecular formula is C33H37N5O4. The number of aromatic nitrogens is 1. The van der Waals surface area contributed by atoms with Crippen LogP contribution in [0.1, 0.15) is 16.7 Å². The number of anilines is 1. The highest BCUT2D eigenvalue weighted by Gasteiger charge is 2.22. The lowest BCUT2D eigenvalue weighted by atomic mass is 10.1. The average molecular weight is 568 g/mol. The number of nitrogens with one attached hydrogen (secondary N) is 2. The molecule has 0 atom stereocenters. The number of nitrogens with zero attached hydrogens (tertiary/aromatic N) is 3. The topological polar surface area (TPSA) is 101 Å². The van der Waals surface area contributed by atoms with Crippen LogP contribution in [-0.2, 0) is 22.5 Å². The van der Waals surface area contributed by atoms with Gasteiger partial charge in [-0.25, -0.2) is 10.3 Å². The number of H-pyrrole nitrogens is 1. The highest BCUT2D eigenvalue weighted by molar-refractivity contribution is 5.90. The van der Waals surface area contributed by atoms with E-state index in [1.54, 1.807) is 16.5 Å². The minimum Gasteiger partial charge on any atom is -0.448 e. The molecule has 1 aliphatic rings. The van der Waals surface area contributed by atoms with Gasteiger partial charge in [0, 0.05) is 74.7 Å². The lowest BCUT2D eigenvalue weighted by molar-refractivity contribution is -0.124. The van der Waals surface area contributed by atoms with Gasteiger partial charge in [-0.05, 0) is 47.4 Å². The fraction of sp³-hybridized carbons (Fsp3) is 0.273. The maximum Gasteiger partial charge on any atom is 0.409 e. The molecule has 1 aliphatic heterocycles. The van der Waals surface area contributed by atoms with Crippen LogP contribution in [0.2, 0.25) is 0 Å². The number of hydroxylamine groups is 1. The standard InChI is InChI=1S/C33H37N5O4/c39-32(35-41)15-14-26-10-12-27(13-11-26)25-36(17-16-28-24-34-31-9-5-4-8-30(28)31)22-23-42-33(40)38-20-18-37(19-21-38)29-6-2-1-3-7-29/h1-15,24,34,41H,16-23,25H2,(H,35,39)/b15-14+. The maximum atomic E-state index is 12.9. The number of amides is 2. The molecule has 1 fully saturated rings. The molecule has 218 valence electrons. The van der Waals surface area contributed by atoms with E-state index < -0.39 is 5.91 Å². The van der Waals surface area contributed by atoms with Crippen LogP contribution in [0.15, 0.2) is 91.1 Å². The number of fused-ring (bicyclic) bond motifs is 1. The summed E-state index contributed by atoms with van der Waals surface area (Å²) < 4.78 is 5.74. The maximum absolute atomic E-state index is 12.9. The summed E-state index contributed by atoms with van der Waals surface area (Å²) in [5.41, 5.74) is 7.12. The fourth-order valence-corrected chi connectivity index (χ4v) is 5.23. The second-order valence-corrected chi connectivity index (χ2v) is 10.4. The second kappa shape index (κ2) is 14.3. The minimum atomic E-state index is -0.574. The molecule has 1 aromatic heterocycles. The van der Waals surface area contributed by atoms with Crippen LogP contribution >= 0.6 is 0 Å². The van der Waals surface area contributed by atoms with Gasteiger partial charge in [0.25, 0.3) is 5.91 Å². The summed E-state index contributed by atoms with van der Waals surface area (Å²) in [6.45, 7) is 5.25. The van der Waals surface area contributed by atoms with Crippen molar-refractivity contribution in [3.05, 3.63) is 108 Å². The quantitative estimate of drug-likeness (QED) is 0.138. The number of aromatic amines is 1. The molecule has 9 heteroatoms. The van der Waals surface area contributed by atoms with Crippen LogP contribution in [0, 0.1) is 0 Å². The third-order valence-electron chi connectivity index (χ3n) is 7.59. The van der Waals surface area contributed by atoms with E-state index in [1.165, 1.54) is 22.7 Å². The van der Waals surface area contributed by atoms with Crippen LogP contribution in [-0.4, -0.2) is 77.9 Å². The van der Waals surface area contributed by atoms with Crippen molar-refractivity contribution in [2.24, 2.45) is 0 Å². The van der Waals surface area contributed by atoms with Gasteiger partial charge in [0.1, 0.15) is 6.61 Å². The molecule has 0 bridgehead atoms. The monoisotopic (exact) mass is 567 g/mol. The molecule has 3 aromatic carbocycles. The number of ether oxygens (including phenoxy) is 1. The molecule has 42 heavy (non-hydrogen) atoms. The predicted octanol–water partition coefficient (Wildman–Crippen LogP) is 4.69. The SMILES string of the molecule is O=C(/C=C/c1ccc(CN(CCOC(=O)N2CCN(c3ccccc3)CC2)CCc2c[nH]c3ccccc23)cc1)NO. The third-order valence-corrected chi connectivity index (χ3v) is 7.59. The van der Waals surface area contributed by atoms with Gasteiger partial charge in [-0.3, -0.25) is 14.9 Å². The Labute approximate surface area is 245 Å². The Bertz CT molecular complexity index is 1480. The van der Waals surface area contributed by atoms with Gasteiger partial charge in [0.2, 0.25) is 0 Å². The number of piperazine rings is 1. The van der Waals surface area contributed by atoms with E-state index in [0.717, 1.165) is 42.7 Å². The van der Waals surface area contributed by atoms with Gasteiger partial charge in [0.05, 0.1) is 0 Å². The fourth-order valence-electron chi connectivity index (χ4n) is 5.23. The summed E-state index contributed by atoms with van der Waals surface area (Å²) in [7, 11) is 0. The number of rotatable bonds is 11. The first-order valence-corrected chi connectivity index (χ1v) is 14.3. The largest absolute Gasteiger partial charge is 0.448 e. The first kappa shape index (κ1) is 28.9. The molecule has 4 aromatic rings. The summed E-state index contributed by atoms with van der Waals surface area (Å²) in [6, 6.07) is 26.5. The first-order valence-electron chi connectivity index (χ1n) is 14.3. The number of para-hydroxylation sites is 2. The van der Waals surface area contributed by atoms with Gasteiger partial charge in [-0.15, -0.1) is 0 Å². The second-order valence-electron chi connectivity index (χ2n) is 10.4. The highest BCUT2D eigenvalue weighted by Crippen LogP contribution is 2.19. The van der Waals surface area contributed by atoms with E-state index in [9.17, 15) is 9.59 Å². The molecule has 0 unspecified atom stereocenters. The zero-order valence-corrected chi connectivity index (χ0v) is 23.6. The Morgan fingerprint density at radius 3 is 2.43 bits per heavy atom. The number of hydrogen-bond donors (Lipinski definition) is 3. The van der Waals surface area contributed by atoms with Gasteiger partial charge in [-0.2, -0.15) is 0 Å². The summed E-state index contributed by atoms with van der Waals surface area (Å²) in [5, 5.41) is 9.90. The predicted molar refractivity (Wildman–Crippen MR) is 164 cm³/mol. The molecule has 2 amide bonds. The molecule has 2 heterocycles. The van der Waals surface area contributed by atoms with Crippen molar-refractivity contribution < 1.29 is 19.5 Å². The van der Waals surface area contributed by atoms with Gasteiger partial charge in [-0.1, -0.05) is 60.7 Å². The molecule has 0 spiro atoms. The Hall–Kier alpha value is -4.60. The molecule has 3 N–H and O–H groups in total. The lowest BCUT2D eigenvalue weighted by Crippen LogP contribution is -2.49. The summed E-state index contributed by atoms with van der Waals surface area (Å²) >= 11 is 0. The first-order chi connectivity index (χ1) is 20.6. The van der Waals surface area contributed by atoms with Gasteiger partial charge < -0.3 is 19.5 Å². The van der Waals surface area contributed by atoms with Gasteiger partial charge in [0.15, 0.2) is 0 Å². The van der Waals surface area contributed by atoms with Crippen LogP contribution < -0.4 is 10.4 Å². The molecular weight excluding hydrogens is 530 g/mol. The van der Waals surface area contributed by atoms with Crippen molar-refractivity contribution in [3.8, 4) is 0 Å². The number of carbonyl (C=O) groups excluding carboxylic acids is 2. The zero-order chi connectivity index (χ0) is 29.1. The number of hydrogen-bond acceptors (Lipinski definition) is 6. The van der Waals surface area contributed by atoms with Crippen LogP contribution in [0.3, 0.4) is 0 Å². The van der Waals surface area contributed by atoms with Crippen LogP contribution in [0.5, 0.6) is 0 Å². The van der Waals surface area contributed by atoms with Crippen LogP contribution in [0.4, 0.5) is 10.5 Å². The van der Waals surface area contributed by atoms with Crippen LogP contribution in [0.25, 0.3) is 17.0 Å². The molecule has 0 saturated carbocycles. The van der Waals surface area contributed by atoms with Crippen molar-refractivity contribution in [2.75, 3.05) is 50.8 Å². The van der Waals surface area contributed by atoms with Crippen molar-refractivity contribution in [3.63, 3.8) is 0 Å². The summed E-state index contributed by atoms with van der Waals surface area (Å²) in [4.78, 5) is 33.9. The van der Waals surface area contributed by atoms with Crippen molar-refractivity contribution in [2.45, 2.75) is 13.0 Å². The summed E-state index contributed by atoms with van der Waals surface area (Å²) in [6.07, 6.45) is 5.59. The average Bonchev–Trinajstić information content (AvgIpc) is 3.46. The summed E-state index contributed by atoms with van der Waals surface area (Å²) in [5.74, 6) is -0.574. The van der Waals surface area contributed by atoms with E-state index >= 15 is 0 Å². The molecule has 9 nitrogen and oxygen atoms in total. The van der Waals surface area contributed by atoms with E-state index in [0.29, 0.717) is 32.8 Å². The number of carbonyl (C=O) groups is 2. The minimum absolute atomic E-state index is 0.262. The third kappa shape index (κ3) is 7.78. The van der Waals surface area contributed by atoms with E-state index in [2.05, 4.69) is 51.3 Å². The Morgan fingerprint density at radius 2 is 1.67 bits per heavy atom. The van der Waals surface area contributed by atoms with Gasteiger partial charge >= 0.3 is 6.09 Å². The van der Waals surface area contributed by atoms with E-state index in [4.69, 9.17) is 9.94 Å². The zero-order valence-electron chi connectivity index (χ0n) is 23.6. The molecule has 0 radical (unpaired) electrons. The lowest BCUT2D eigenvalue weighted by Gasteiger charge is -2.35. The molecule has 5 rings (SSSR count). The highest BCUT2D eigenvalue weighted by atomic mass is 16.6. The van der Waals surface area contributed by atoms with Crippen molar-refractivity contribution in [1.29, 1.82) is 0 Å². The van der Waals surface area contributed by atoms with E-state index in [-0.39, 0.29) is 6.09 Å². The Kier molecular flexibility index (Phi) is 9.87.